The van der Waals surface area contributed by atoms with Gasteiger partial charge in [-0.3, -0.25) is 14.3 Å². The zero-order chi connectivity index (χ0) is 22.1. The van der Waals surface area contributed by atoms with Gasteiger partial charge in [-0.2, -0.15) is 5.10 Å². The zero-order valence-corrected chi connectivity index (χ0v) is 19.2. The number of aromatic nitrogens is 2. The van der Waals surface area contributed by atoms with E-state index in [1.54, 1.807) is 23.9 Å². The molecular weight excluding hydrogens is 432 g/mol. The fourth-order valence-electron chi connectivity index (χ4n) is 3.62. The van der Waals surface area contributed by atoms with Crippen molar-refractivity contribution in [3.8, 4) is 16.2 Å². The molecule has 3 aromatic rings. The molecule has 1 unspecified atom stereocenters. The van der Waals surface area contributed by atoms with Gasteiger partial charge in [0.15, 0.2) is 11.6 Å². The van der Waals surface area contributed by atoms with Crippen molar-refractivity contribution in [3.63, 3.8) is 0 Å². The monoisotopic (exact) mass is 454 g/mol. The molecule has 31 heavy (non-hydrogen) atoms. The average Bonchev–Trinajstić information content (AvgIpc) is 3.45. The van der Waals surface area contributed by atoms with Gasteiger partial charge in [0, 0.05) is 41.6 Å². The molecule has 160 valence electrons. The van der Waals surface area contributed by atoms with Crippen molar-refractivity contribution in [2.24, 2.45) is 7.05 Å². The highest BCUT2D eigenvalue weighted by atomic mass is 35.5. The number of hydrogen-bond acceptors (Lipinski definition) is 5. The highest BCUT2D eigenvalue weighted by Gasteiger charge is 2.26. The van der Waals surface area contributed by atoms with Gasteiger partial charge in [-0.25, -0.2) is 0 Å². The first-order chi connectivity index (χ1) is 14.8. The quantitative estimate of drug-likeness (QED) is 0.340. The van der Waals surface area contributed by atoms with Gasteiger partial charge in [0.25, 0.3) is 0 Å². The van der Waals surface area contributed by atoms with Crippen LogP contribution in [-0.2, 0) is 18.3 Å². The number of Topliss-reactive ketones (excluding diaryl/α,β-unsaturated/α-hetero) is 1. The number of allylic oxidation sites excluding steroid dienone is 1. The van der Waals surface area contributed by atoms with E-state index in [1.165, 1.54) is 11.3 Å². The second kappa shape index (κ2) is 8.81. The van der Waals surface area contributed by atoms with Crippen molar-refractivity contribution in [2.75, 3.05) is 0 Å². The molecule has 0 saturated carbocycles. The first-order valence-corrected chi connectivity index (χ1v) is 11.3. The smallest absolute Gasteiger partial charge is 0.169 e. The van der Waals surface area contributed by atoms with E-state index >= 15 is 0 Å². The Kier molecular flexibility index (Phi) is 6.12. The van der Waals surface area contributed by atoms with Crippen molar-refractivity contribution in [3.05, 3.63) is 63.3 Å². The lowest BCUT2D eigenvalue weighted by atomic mass is 10.0. The van der Waals surface area contributed by atoms with E-state index < -0.39 is 0 Å². The maximum atomic E-state index is 12.3. The van der Waals surface area contributed by atoms with Gasteiger partial charge in [-0.1, -0.05) is 11.6 Å². The number of ether oxygens (including phenoxy) is 1. The molecule has 0 saturated heterocycles. The molecule has 0 fully saturated rings. The van der Waals surface area contributed by atoms with Crippen molar-refractivity contribution in [1.82, 2.24) is 9.78 Å². The number of thiophene rings is 1. The minimum Gasteiger partial charge on any atom is -0.488 e. The Hall–Kier alpha value is -2.70. The Balaban J connectivity index is 1.39. The van der Waals surface area contributed by atoms with Gasteiger partial charge >= 0.3 is 0 Å². The average molecular weight is 455 g/mol. The van der Waals surface area contributed by atoms with E-state index in [9.17, 15) is 9.59 Å². The minimum absolute atomic E-state index is 0.0595. The van der Waals surface area contributed by atoms with Crippen LogP contribution in [0.25, 0.3) is 16.5 Å². The number of rotatable bonds is 7. The Morgan fingerprint density at radius 3 is 2.84 bits per heavy atom. The second-order valence-electron chi connectivity index (χ2n) is 7.76. The Morgan fingerprint density at radius 1 is 1.35 bits per heavy atom. The van der Waals surface area contributed by atoms with Crippen LogP contribution in [0, 0.1) is 6.92 Å². The van der Waals surface area contributed by atoms with Crippen LogP contribution in [0.3, 0.4) is 0 Å². The molecule has 0 bridgehead atoms. The van der Waals surface area contributed by atoms with E-state index in [0.717, 1.165) is 32.1 Å². The topological polar surface area (TPSA) is 61.2 Å². The molecule has 2 aromatic heterocycles. The molecule has 0 N–H and O–H groups in total. The number of ketones is 2. The van der Waals surface area contributed by atoms with Gasteiger partial charge in [-0.05, 0) is 62.2 Å². The molecule has 7 heteroatoms. The molecule has 4 rings (SSSR count). The number of carbonyl (C=O) groups is 2. The van der Waals surface area contributed by atoms with E-state index in [4.69, 9.17) is 16.3 Å². The lowest BCUT2D eigenvalue weighted by molar-refractivity contribution is -0.114. The fraction of sp³-hybridized carbons (Fsp3) is 0.292. The van der Waals surface area contributed by atoms with Gasteiger partial charge in [0.1, 0.15) is 11.9 Å². The molecule has 3 heterocycles. The van der Waals surface area contributed by atoms with Crippen LogP contribution in [0.5, 0.6) is 5.75 Å². The highest BCUT2D eigenvalue weighted by molar-refractivity contribution is 7.17. The Labute approximate surface area is 190 Å². The summed E-state index contributed by atoms with van der Waals surface area (Å²) in [5.41, 5.74) is 3.99. The maximum absolute atomic E-state index is 12.3. The first kappa shape index (κ1) is 21.5. The van der Waals surface area contributed by atoms with Crippen LogP contribution in [0.4, 0.5) is 0 Å². The summed E-state index contributed by atoms with van der Waals surface area (Å²) in [6.07, 6.45) is 6.86. The molecule has 1 aromatic carbocycles. The number of aryl methyl sites for hydroxylation is 1. The molecule has 0 aliphatic carbocycles. The predicted molar refractivity (Wildman–Crippen MR) is 124 cm³/mol. The Bertz CT molecular complexity index is 1190. The molecule has 0 amide bonds. The van der Waals surface area contributed by atoms with Crippen LogP contribution >= 0.6 is 22.9 Å². The number of carbonyl (C=O) groups excluding carboxylic acids is 2. The van der Waals surface area contributed by atoms with Crippen molar-refractivity contribution in [1.29, 1.82) is 0 Å². The first-order valence-electron chi connectivity index (χ1n) is 10.1. The van der Waals surface area contributed by atoms with Gasteiger partial charge < -0.3 is 4.74 Å². The lowest BCUT2D eigenvalue weighted by Gasteiger charge is -2.10. The summed E-state index contributed by atoms with van der Waals surface area (Å²) in [4.78, 5) is 25.6. The van der Waals surface area contributed by atoms with E-state index in [2.05, 4.69) is 11.2 Å². The molecule has 5 nitrogen and oxygen atoms in total. The lowest BCUT2D eigenvalue weighted by Crippen LogP contribution is -2.14. The minimum atomic E-state index is -0.0728. The summed E-state index contributed by atoms with van der Waals surface area (Å²) in [7, 11) is 1.88. The normalized spacial score (nSPS) is 15.3. The molecule has 0 spiro atoms. The van der Waals surface area contributed by atoms with E-state index in [0.29, 0.717) is 30.0 Å². The molecule has 1 atom stereocenters. The van der Waals surface area contributed by atoms with Crippen molar-refractivity contribution in [2.45, 2.75) is 39.2 Å². The second-order valence-corrected chi connectivity index (χ2v) is 9.25. The number of halogens is 1. The maximum Gasteiger partial charge on any atom is 0.169 e. The number of nitrogens with zero attached hydrogens (tertiary/aromatic N) is 2. The zero-order valence-electron chi connectivity index (χ0n) is 17.6. The van der Waals surface area contributed by atoms with Gasteiger partial charge in [-0.15, -0.1) is 11.3 Å². The highest BCUT2D eigenvalue weighted by Crippen LogP contribution is 2.41. The van der Waals surface area contributed by atoms with Crippen LogP contribution in [-0.4, -0.2) is 27.5 Å². The summed E-state index contributed by atoms with van der Waals surface area (Å²) in [5.74, 6) is 0.821. The molecule has 1 aliphatic heterocycles. The van der Waals surface area contributed by atoms with Crippen LogP contribution < -0.4 is 4.74 Å². The van der Waals surface area contributed by atoms with Crippen LogP contribution in [0.1, 0.15) is 46.3 Å². The SMILES string of the molecule is CC(=O)c1ccc(-c2cc(Cl)c3c(c2)CC(CCC(=O)/C=C/c2cnn(C)c2C)O3)s1. The largest absolute Gasteiger partial charge is 0.488 e. The summed E-state index contributed by atoms with van der Waals surface area (Å²) in [6.45, 7) is 3.54. The van der Waals surface area contributed by atoms with Crippen LogP contribution in [0.15, 0.2) is 36.5 Å². The number of benzene rings is 1. The van der Waals surface area contributed by atoms with E-state index in [1.807, 2.05) is 38.2 Å². The van der Waals surface area contributed by atoms with E-state index in [-0.39, 0.29) is 17.7 Å². The molecule has 1 aliphatic rings. The number of fused-ring (bicyclic) bond motifs is 1. The Morgan fingerprint density at radius 2 is 2.16 bits per heavy atom. The third kappa shape index (κ3) is 4.65. The third-order valence-electron chi connectivity index (χ3n) is 5.52. The third-order valence-corrected chi connectivity index (χ3v) is 7.04. The molecule has 0 radical (unpaired) electrons. The summed E-state index contributed by atoms with van der Waals surface area (Å²) < 4.78 is 7.82. The predicted octanol–water partition coefficient (Wildman–Crippen LogP) is 5.68. The van der Waals surface area contributed by atoms with Gasteiger partial charge in [0.05, 0.1) is 16.1 Å². The summed E-state index contributed by atoms with van der Waals surface area (Å²) in [5, 5.41) is 4.74. The van der Waals surface area contributed by atoms with Crippen molar-refractivity contribution >= 4 is 40.6 Å². The number of hydrogen-bond donors (Lipinski definition) is 0. The van der Waals surface area contributed by atoms with Crippen LogP contribution in [0.2, 0.25) is 5.02 Å². The summed E-state index contributed by atoms with van der Waals surface area (Å²) in [6, 6.07) is 7.74. The fourth-order valence-corrected chi connectivity index (χ4v) is 4.79. The molecular formula is C24H23ClN2O3S. The van der Waals surface area contributed by atoms with Gasteiger partial charge in [0.2, 0.25) is 0 Å². The standard InChI is InChI=1S/C24H23ClN2O3S/c1-14-16(13-26-27(14)3)4-5-19(29)6-7-20-11-18-10-17(12-21(25)24(18)30-20)23-9-8-22(31-23)15(2)28/h4-5,8-10,12-13,20H,6-7,11H2,1-3H3/b5-4+. The van der Waals surface area contributed by atoms with Crippen molar-refractivity contribution < 1.29 is 14.3 Å². The summed E-state index contributed by atoms with van der Waals surface area (Å²) >= 11 is 7.95.